The summed E-state index contributed by atoms with van der Waals surface area (Å²) < 4.78 is 11.0. The number of aliphatic hydroxyl groups is 2. The molecule has 0 atom stereocenters. The highest BCUT2D eigenvalue weighted by molar-refractivity contribution is 8.33. The van der Waals surface area contributed by atoms with Crippen LogP contribution in [0.15, 0.2) is 24.3 Å². The third kappa shape index (κ3) is 36.5. The summed E-state index contributed by atoms with van der Waals surface area (Å²) in [6.07, 6.45) is 43.3. The van der Waals surface area contributed by atoms with Crippen molar-refractivity contribution in [1.29, 1.82) is 0 Å². The van der Waals surface area contributed by atoms with Gasteiger partial charge in [0.1, 0.15) is 13.2 Å². The van der Waals surface area contributed by atoms with Gasteiger partial charge in [-0.25, -0.2) is 10.0 Å². The van der Waals surface area contributed by atoms with Gasteiger partial charge in [-0.1, -0.05) is 141 Å². The van der Waals surface area contributed by atoms with Crippen molar-refractivity contribution < 1.29 is 34.1 Å². The van der Waals surface area contributed by atoms with Crippen molar-refractivity contribution in [3.05, 3.63) is 24.3 Å². The van der Waals surface area contributed by atoms with E-state index in [4.69, 9.17) is 9.47 Å². The van der Waals surface area contributed by atoms with Crippen LogP contribution in [0.4, 0.5) is 0 Å². The molecule has 0 aromatic rings. The van der Waals surface area contributed by atoms with E-state index in [0.29, 0.717) is 24.3 Å². The molecule has 0 aliphatic heterocycles. The number of rotatable bonds is 42. The minimum Gasteiger partial charge on any atom is -0.464 e. The monoisotopic (exact) mass is 812 g/mol. The molecule has 0 radical (unpaired) electrons. The first-order chi connectivity index (χ1) is 27.3. The molecule has 0 aromatic carbocycles. The second-order valence-electron chi connectivity index (χ2n) is 16.0. The smallest absolute Gasteiger partial charge is 0.305 e. The van der Waals surface area contributed by atoms with Crippen LogP contribution in [0.1, 0.15) is 194 Å². The Kier molecular flexibility index (Phi) is 40.0. The number of hydrogen-bond donors (Lipinski definition) is 2. The number of ether oxygens (including phenoxy) is 2. The van der Waals surface area contributed by atoms with Gasteiger partial charge in [0, 0.05) is 24.3 Å². The molecular weight excluding hydrogens is 723 g/mol. The van der Waals surface area contributed by atoms with Gasteiger partial charge in [0.25, 0.3) is 0 Å². The molecule has 0 fully saturated rings. The van der Waals surface area contributed by atoms with E-state index in [-0.39, 0.29) is 63.1 Å². The van der Waals surface area contributed by atoms with E-state index < -0.39 is 10.0 Å². The summed E-state index contributed by atoms with van der Waals surface area (Å²) in [5.41, 5.74) is 0. The first-order valence-corrected chi connectivity index (χ1v) is 25.7. The molecule has 0 aliphatic rings. The fourth-order valence-corrected chi connectivity index (χ4v) is 8.95. The van der Waals surface area contributed by atoms with Gasteiger partial charge in [0.2, 0.25) is 5.91 Å². The molecule has 1 amide bonds. The third-order valence-corrected chi connectivity index (χ3v) is 13.8. The van der Waals surface area contributed by atoms with E-state index in [1.165, 1.54) is 116 Å². The van der Waals surface area contributed by atoms with Crippen molar-refractivity contribution >= 4 is 27.9 Å². The molecule has 0 spiro atoms. The lowest BCUT2D eigenvalue weighted by Gasteiger charge is -2.36. The SMILES string of the molecule is CCCCCCCC/C=C\CCCCCCCC(=O)OCCN(CCOC(=O)CCCCCCC/C=C\CCCCCCCC)C(=O)CS(C)(CCO)CCO. The van der Waals surface area contributed by atoms with E-state index >= 15 is 0 Å². The van der Waals surface area contributed by atoms with Crippen LogP contribution in [0, 0.1) is 0 Å². The van der Waals surface area contributed by atoms with Crippen molar-refractivity contribution in [2.24, 2.45) is 0 Å². The topological polar surface area (TPSA) is 113 Å². The maximum absolute atomic E-state index is 13.4. The fourth-order valence-electron chi connectivity index (χ4n) is 6.80. The molecule has 0 rings (SSSR count). The van der Waals surface area contributed by atoms with E-state index in [0.717, 1.165) is 51.4 Å². The Hall–Kier alpha value is -1.84. The zero-order valence-electron chi connectivity index (χ0n) is 36.8. The Morgan fingerprint density at radius 1 is 0.500 bits per heavy atom. The van der Waals surface area contributed by atoms with E-state index in [1.807, 2.05) is 6.26 Å². The molecule has 0 unspecified atom stereocenters. The van der Waals surface area contributed by atoms with Crippen LogP contribution in [0.5, 0.6) is 0 Å². The van der Waals surface area contributed by atoms with Gasteiger partial charge >= 0.3 is 11.9 Å². The number of allylic oxidation sites excluding steroid dienone is 4. The number of esters is 2. The first-order valence-electron chi connectivity index (χ1n) is 23.1. The minimum atomic E-state index is -1.55. The van der Waals surface area contributed by atoms with Crippen LogP contribution in [-0.2, 0) is 23.9 Å². The van der Waals surface area contributed by atoms with Gasteiger partial charge in [-0.2, -0.15) is 0 Å². The summed E-state index contributed by atoms with van der Waals surface area (Å²) in [6.45, 7) is 5.04. The van der Waals surface area contributed by atoms with Crippen LogP contribution in [0.25, 0.3) is 0 Å². The van der Waals surface area contributed by atoms with Crippen LogP contribution in [-0.4, -0.2) is 96.0 Å². The Morgan fingerprint density at radius 3 is 1.16 bits per heavy atom. The van der Waals surface area contributed by atoms with Crippen molar-refractivity contribution in [3.8, 4) is 0 Å². The highest BCUT2D eigenvalue weighted by atomic mass is 32.3. The lowest BCUT2D eigenvalue weighted by atomic mass is 10.1. The quantitative estimate of drug-likeness (QED) is 0.0358. The summed E-state index contributed by atoms with van der Waals surface area (Å²) in [4.78, 5) is 39.9. The molecule has 0 heterocycles. The minimum absolute atomic E-state index is 0.0406. The number of nitrogens with zero attached hydrogens (tertiary/aromatic N) is 1. The molecule has 8 nitrogen and oxygen atoms in total. The van der Waals surface area contributed by atoms with Crippen molar-refractivity contribution in [1.82, 2.24) is 4.90 Å². The summed E-state index contributed by atoms with van der Waals surface area (Å²) >= 11 is 0. The van der Waals surface area contributed by atoms with E-state index in [2.05, 4.69) is 38.2 Å². The third-order valence-electron chi connectivity index (χ3n) is 10.5. The van der Waals surface area contributed by atoms with E-state index in [1.54, 1.807) is 4.90 Å². The number of unbranched alkanes of at least 4 members (excludes halogenated alkanes) is 22. The van der Waals surface area contributed by atoms with Crippen LogP contribution >= 0.6 is 10.0 Å². The largest absolute Gasteiger partial charge is 0.464 e. The average molecular weight is 812 g/mol. The van der Waals surface area contributed by atoms with Crippen LogP contribution in [0.2, 0.25) is 0 Å². The highest BCUT2D eigenvalue weighted by Crippen LogP contribution is 2.43. The predicted octanol–water partition coefficient (Wildman–Crippen LogP) is 11.4. The number of hydrogen-bond acceptors (Lipinski definition) is 7. The second kappa shape index (κ2) is 41.3. The Balaban J connectivity index is 4.34. The molecular formula is C47H89NO7S. The summed E-state index contributed by atoms with van der Waals surface area (Å²) in [6, 6.07) is 0. The zero-order valence-corrected chi connectivity index (χ0v) is 37.6. The van der Waals surface area contributed by atoms with Crippen LogP contribution in [0.3, 0.4) is 0 Å². The highest BCUT2D eigenvalue weighted by Gasteiger charge is 2.25. The Morgan fingerprint density at radius 2 is 0.821 bits per heavy atom. The Bertz CT molecular complexity index is 908. The van der Waals surface area contributed by atoms with Gasteiger partial charge in [-0.15, -0.1) is 0 Å². The molecule has 0 aromatic heterocycles. The molecule has 0 bridgehead atoms. The summed E-state index contributed by atoms with van der Waals surface area (Å²) in [5.74, 6) is 0.534. The maximum Gasteiger partial charge on any atom is 0.305 e. The lowest BCUT2D eigenvalue weighted by Crippen LogP contribution is -2.40. The van der Waals surface area contributed by atoms with Gasteiger partial charge in [0.05, 0.1) is 32.1 Å². The summed E-state index contributed by atoms with van der Waals surface area (Å²) in [5, 5.41) is 19.2. The van der Waals surface area contributed by atoms with Crippen LogP contribution < -0.4 is 0 Å². The number of aliphatic hydroxyl groups excluding tert-OH is 2. The molecule has 9 heteroatoms. The first kappa shape index (κ1) is 54.2. The Labute approximate surface area is 346 Å². The number of carbonyl (C=O) groups is 3. The summed E-state index contributed by atoms with van der Waals surface area (Å²) in [7, 11) is -1.55. The fraction of sp³-hybridized carbons (Fsp3) is 0.851. The maximum atomic E-state index is 13.4. The molecule has 0 saturated carbocycles. The molecule has 0 saturated heterocycles. The van der Waals surface area contributed by atoms with E-state index in [9.17, 15) is 24.6 Å². The van der Waals surface area contributed by atoms with Crippen molar-refractivity contribution in [3.63, 3.8) is 0 Å². The molecule has 330 valence electrons. The van der Waals surface area contributed by atoms with Crippen molar-refractivity contribution in [2.75, 3.05) is 63.0 Å². The lowest BCUT2D eigenvalue weighted by molar-refractivity contribution is -0.147. The van der Waals surface area contributed by atoms with Gasteiger partial charge in [0.15, 0.2) is 0 Å². The molecule has 2 N–H and O–H groups in total. The molecule has 56 heavy (non-hydrogen) atoms. The van der Waals surface area contributed by atoms with Gasteiger partial charge < -0.3 is 24.6 Å². The average Bonchev–Trinajstić information content (AvgIpc) is 3.17. The number of amides is 1. The van der Waals surface area contributed by atoms with Gasteiger partial charge in [-0.3, -0.25) is 14.4 Å². The zero-order chi connectivity index (χ0) is 41.2. The molecule has 0 aliphatic carbocycles. The predicted molar refractivity (Wildman–Crippen MR) is 240 cm³/mol. The van der Waals surface area contributed by atoms with Crippen molar-refractivity contribution in [2.45, 2.75) is 194 Å². The second-order valence-corrected chi connectivity index (χ2v) is 20.0. The number of carbonyl (C=O) groups excluding carboxylic acids is 3. The standard InChI is InChI=1S/C47H89NO7S/c1-4-6-8-10-12-14-16-18-20-22-24-26-28-30-32-34-46(52)54-40-36-48(45(51)44-56(3,42-38-49)43-39-50)37-41-55-47(53)35-33-31-29-27-25-23-21-19-17-15-13-11-9-7-5-2/h18-21,49-50H,4-17,22-44H2,1-3H3/b20-18-,21-19-. The normalized spacial score (nSPS) is 12.2. The van der Waals surface area contributed by atoms with Gasteiger partial charge in [-0.05, 0) is 70.5 Å².